The number of benzene rings is 1. The molecule has 2 saturated heterocycles. The molecule has 0 radical (unpaired) electrons. The monoisotopic (exact) mass is 646 g/mol. The number of carbonyl (C=O) groups is 1. The van der Waals surface area contributed by atoms with E-state index in [1.807, 2.05) is 0 Å². The van der Waals surface area contributed by atoms with Gasteiger partial charge in [0.1, 0.15) is 17.1 Å². The molecular formula is C30H36Cl2N6O6. The molecular weight excluding hydrogens is 611 g/mol. The predicted molar refractivity (Wildman–Crippen MR) is 169 cm³/mol. The van der Waals surface area contributed by atoms with E-state index in [1.165, 1.54) is 20.3 Å². The molecule has 2 aromatic heterocycles. The van der Waals surface area contributed by atoms with Crippen LogP contribution in [0.15, 0.2) is 35.8 Å². The van der Waals surface area contributed by atoms with Gasteiger partial charge in [-0.2, -0.15) is 4.98 Å². The van der Waals surface area contributed by atoms with Gasteiger partial charge >= 0.3 is 0 Å². The maximum Gasteiger partial charge on any atom is 0.260 e. The summed E-state index contributed by atoms with van der Waals surface area (Å²) in [6, 6.07) is 3.25. The molecule has 2 fully saturated rings. The number of hydrogen-bond donors (Lipinski definition) is 1. The van der Waals surface area contributed by atoms with Gasteiger partial charge < -0.3 is 29.2 Å². The van der Waals surface area contributed by atoms with Gasteiger partial charge in [0.2, 0.25) is 11.9 Å². The fourth-order valence-corrected chi connectivity index (χ4v) is 6.11. The van der Waals surface area contributed by atoms with Gasteiger partial charge in [-0.1, -0.05) is 29.8 Å². The molecule has 2 aliphatic rings. The van der Waals surface area contributed by atoms with Crippen LogP contribution in [0.5, 0.6) is 11.5 Å². The van der Waals surface area contributed by atoms with Crippen molar-refractivity contribution in [1.82, 2.24) is 24.3 Å². The first-order valence-corrected chi connectivity index (χ1v) is 15.2. The van der Waals surface area contributed by atoms with Crippen LogP contribution < -0.4 is 20.3 Å². The topological polar surface area (TPSA) is 120 Å². The second kappa shape index (κ2) is 14.6. The molecule has 0 bridgehead atoms. The van der Waals surface area contributed by atoms with E-state index in [0.29, 0.717) is 54.5 Å². The Morgan fingerprint density at radius 3 is 2.55 bits per heavy atom. The third kappa shape index (κ3) is 6.94. The minimum atomic E-state index is -0.368. The number of methoxy groups -OCH3 is 2. The molecule has 12 nitrogen and oxygen atoms in total. The average molecular weight is 648 g/mol. The van der Waals surface area contributed by atoms with Gasteiger partial charge in [0.15, 0.2) is 0 Å². The number of pyridine rings is 1. The highest BCUT2D eigenvalue weighted by molar-refractivity contribution is 6.41. The van der Waals surface area contributed by atoms with Gasteiger partial charge in [0.25, 0.3) is 5.56 Å². The van der Waals surface area contributed by atoms with Crippen LogP contribution in [0.3, 0.4) is 0 Å². The molecule has 5 rings (SSSR count). The number of fused-ring (bicyclic) bond motifs is 1. The zero-order chi connectivity index (χ0) is 31.2. The molecule has 236 valence electrons. The summed E-state index contributed by atoms with van der Waals surface area (Å²) < 4.78 is 23.9. The molecule has 0 aliphatic carbocycles. The molecule has 3 aromatic rings. The summed E-state index contributed by atoms with van der Waals surface area (Å²) in [5.41, 5.74) is 0.592. The normalized spacial score (nSPS) is 17.2. The summed E-state index contributed by atoms with van der Waals surface area (Å²) in [5, 5.41) is 4.24. The van der Waals surface area contributed by atoms with Crippen LogP contribution in [0.4, 0.5) is 5.95 Å². The number of rotatable bonds is 12. The zero-order valence-electron chi connectivity index (χ0n) is 24.8. The molecule has 14 heteroatoms. The van der Waals surface area contributed by atoms with Crippen LogP contribution in [0.2, 0.25) is 10.0 Å². The molecule has 1 atom stereocenters. The van der Waals surface area contributed by atoms with Crippen molar-refractivity contribution in [2.75, 3.05) is 78.6 Å². The number of nitrogens with zero attached hydrogens (tertiary/aromatic N) is 5. The van der Waals surface area contributed by atoms with Crippen molar-refractivity contribution in [3.63, 3.8) is 0 Å². The highest BCUT2D eigenvalue weighted by atomic mass is 35.5. The van der Waals surface area contributed by atoms with Crippen molar-refractivity contribution in [3.8, 4) is 22.6 Å². The van der Waals surface area contributed by atoms with Crippen molar-refractivity contribution in [3.05, 3.63) is 51.4 Å². The van der Waals surface area contributed by atoms with E-state index in [1.54, 1.807) is 27.8 Å². The SMILES string of the molecule is C=CC(=O)N1CCC(OCCn2c(=O)c(-c3c(Cl)c(OC)cc(OC)c3Cl)cc3cnc(NCCN4CCOCC4)nc32)C1. The van der Waals surface area contributed by atoms with Crippen LogP contribution in [-0.4, -0.2) is 110 Å². The molecule has 44 heavy (non-hydrogen) atoms. The van der Waals surface area contributed by atoms with Crippen LogP contribution in [-0.2, 0) is 20.8 Å². The first kappa shape index (κ1) is 32.0. The highest BCUT2D eigenvalue weighted by Gasteiger charge is 2.26. The highest BCUT2D eigenvalue weighted by Crippen LogP contribution is 2.45. The first-order valence-electron chi connectivity index (χ1n) is 14.4. The smallest absolute Gasteiger partial charge is 0.260 e. The zero-order valence-corrected chi connectivity index (χ0v) is 26.3. The van der Waals surface area contributed by atoms with Gasteiger partial charge in [-0.25, -0.2) is 4.98 Å². The quantitative estimate of drug-likeness (QED) is 0.293. The Balaban J connectivity index is 1.47. The number of morpholine rings is 1. The van der Waals surface area contributed by atoms with E-state index in [0.717, 1.165) is 32.8 Å². The van der Waals surface area contributed by atoms with Crippen molar-refractivity contribution in [2.45, 2.75) is 19.1 Å². The van der Waals surface area contributed by atoms with Gasteiger partial charge in [0.05, 0.1) is 62.3 Å². The lowest BCUT2D eigenvalue weighted by molar-refractivity contribution is -0.125. The Bertz CT molecular complexity index is 1550. The lowest BCUT2D eigenvalue weighted by atomic mass is 10.0. The molecule has 0 saturated carbocycles. The second-order valence-corrected chi connectivity index (χ2v) is 11.2. The van der Waals surface area contributed by atoms with Gasteiger partial charge in [0, 0.05) is 62.5 Å². The van der Waals surface area contributed by atoms with Gasteiger partial charge in [-0.05, 0) is 18.6 Å². The molecule has 1 N–H and O–H groups in total. The van der Waals surface area contributed by atoms with Crippen molar-refractivity contribution in [2.24, 2.45) is 0 Å². The molecule has 1 aromatic carbocycles. The Hall–Kier alpha value is -3.42. The van der Waals surface area contributed by atoms with Crippen LogP contribution in [0.1, 0.15) is 6.42 Å². The van der Waals surface area contributed by atoms with Gasteiger partial charge in [-0.3, -0.25) is 19.1 Å². The van der Waals surface area contributed by atoms with Gasteiger partial charge in [-0.15, -0.1) is 0 Å². The number of likely N-dealkylation sites (tertiary alicyclic amines) is 1. The summed E-state index contributed by atoms with van der Waals surface area (Å²) >= 11 is 13.4. The molecule has 0 spiro atoms. The molecule has 2 aliphatic heterocycles. The average Bonchev–Trinajstić information content (AvgIpc) is 3.52. The number of ether oxygens (including phenoxy) is 4. The van der Waals surface area contributed by atoms with E-state index in [2.05, 4.69) is 21.8 Å². The second-order valence-electron chi connectivity index (χ2n) is 10.4. The van der Waals surface area contributed by atoms with Crippen molar-refractivity contribution >= 4 is 46.1 Å². The molecule has 1 amide bonds. The van der Waals surface area contributed by atoms with E-state index >= 15 is 0 Å². The lowest BCUT2D eigenvalue weighted by Crippen LogP contribution is -2.39. The Morgan fingerprint density at radius 1 is 1.14 bits per heavy atom. The van der Waals surface area contributed by atoms with Crippen LogP contribution >= 0.6 is 23.2 Å². The number of amides is 1. The Kier molecular flexibility index (Phi) is 10.6. The van der Waals surface area contributed by atoms with Crippen LogP contribution in [0, 0.1) is 0 Å². The maximum absolute atomic E-state index is 14.2. The van der Waals surface area contributed by atoms with E-state index < -0.39 is 0 Å². The van der Waals surface area contributed by atoms with Crippen LogP contribution in [0.25, 0.3) is 22.2 Å². The summed E-state index contributed by atoms with van der Waals surface area (Å²) in [5.74, 6) is 0.904. The number of halogens is 2. The third-order valence-corrected chi connectivity index (χ3v) is 8.54. The van der Waals surface area contributed by atoms with E-state index in [9.17, 15) is 9.59 Å². The summed E-state index contributed by atoms with van der Waals surface area (Å²) in [6.45, 7) is 9.67. The fourth-order valence-electron chi connectivity index (χ4n) is 5.41. The summed E-state index contributed by atoms with van der Waals surface area (Å²) in [4.78, 5) is 39.4. The third-order valence-electron chi connectivity index (χ3n) is 7.78. The predicted octanol–water partition coefficient (Wildman–Crippen LogP) is 3.33. The standard InChI is InChI=1S/C30H36Cl2N6O6/c1-4-24(39)37-7-5-20(18-37)44-14-11-38-28-19(17-34-30(35-28)33-6-8-36-9-12-43-13-10-36)15-21(29(38)40)25-26(31)22(41-2)16-23(42-3)27(25)32/h4,15-17,20H,1,5-14,18H2,2-3H3,(H,33,34,35). The van der Waals surface area contributed by atoms with Crippen molar-refractivity contribution < 1.29 is 23.7 Å². The first-order chi connectivity index (χ1) is 21.3. The van der Waals surface area contributed by atoms with Crippen molar-refractivity contribution in [1.29, 1.82) is 0 Å². The number of aromatic nitrogens is 3. The Morgan fingerprint density at radius 2 is 1.86 bits per heavy atom. The Labute approximate surface area is 265 Å². The van der Waals surface area contributed by atoms with E-state index in [-0.39, 0.29) is 51.9 Å². The largest absolute Gasteiger partial charge is 0.495 e. The minimum absolute atomic E-state index is 0.126. The number of carbonyl (C=O) groups excluding carboxylic acids is 1. The summed E-state index contributed by atoms with van der Waals surface area (Å²) in [7, 11) is 2.95. The van der Waals surface area contributed by atoms with E-state index in [4.69, 9.17) is 47.1 Å². The summed E-state index contributed by atoms with van der Waals surface area (Å²) in [6.07, 6.45) is 3.51. The fraction of sp³-hybridized carbons (Fsp3) is 0.467. The molecule has 1 unspecified atom stereocenters. The molecule has 4 heterocycles. The number of anilines is 1. The maximum atomic E-state index is 14.2. The number of nitrogens with one attached hydrogen (secondary N) is 1. The lowest BCUT2D eigenvalue weighted by Gasteiger charge is -2.26. The minimum Gasteiger partial charge on any atom is -0.495 e. The number of hydrogen-bond acceptors (Lipinski definition) is 10.